The SMILES string of the molecule is CC(C#N)S(=O)(=O)N1CCCCCC1N. The van der Waals surface area contributed by atoms with Gasteiger partial charge in [0, 0.05) is 6.54 Å². The summed E-state index contributed by atoms with van der Waals surface area (Å²) < 4.78 is 25.1. The third-order valence-electron chi connectivity index (χ3n) is 2.70. The molecule has 0 radical (unpaired) electrons. The van der Waals surface area contributed by atoms with Crippen LogP contribution in [-0.4, -0.2) is 30.7 Å². The van der Waals surface area contributed by atoms with Crippen molar-refractivity contribution in [2.24, 2.45) is 5.73 Å². The van der Waals surface area contributed by atoms with Gasteiger partial charge in [0.25, 0.3) is 0 Å². The van der Waals surface area contributed by atoms with Crippen LogP contribution in [0.2, 0.25) is 0 Å². The third-order valence-corrected chi connectivity index (χ3v) is 4.81. The summed E-state index contributed by atoms with van der Waals surface area (Å²) in [5, 5.41) is 7.65. The molecule has 1 saturated heterocycles. The summed E-state index contributed by atoms with van der Waals surface area (Å²) in [6.07, 6.45) is 2.99. The lowest BCUT2D eigenvalue weighted by molar-refractivity contribution is 0.328. The Morgan fingerprint density at radius 1 is 1.47 bits per heavy atom. The van der Waals surface area contributed by atoms with Crippen LogP contribution in [0.1, 0.15) is 32.6 Å². The van der Waals surface area contributed by atoms with Gasteiger partial charge in [0.05, 0.1) is 12.2 Å². The molecule has 86 valence electrons. The minimum Gasteiger partial charge on any atom is -0.315 e. The number of hydrogen-bond acceptors (Lipinski definition) is 4. The van der Waals surface area contributed by atoms with E-state index in [2.05, 4.69) is 0 Å². The van der Waals surface area contributed by atoms with E-state index < -0.39 is 21.4 Å². The second-order valence-electron chi connectivity index (χ2n) is 3.84. The molecule has 1 aliphatic heterocycles. The van der Waals surface area contributed by atoms with Gasteiger partial charge in [-0.15, -0.1) is 0 Å². The molecule has 2 N–H and O–H groups in total. The van der Waals surface area contributed by atoms with Crippen molar-refractivity contribution >= 4 is 10.0 Å². The maximum Gasteiger partial charge on any atom is 0.231 e. The topological polar surface area (TPSA) is 87.2 Å². The van der Waals surface area contributed by atoms with E-state index in [4.69, 9.17) is 11.0 Å². The van der Waals surface area contributed by atoms with Crippen molar-refractivity contribution in [1.82, 2.24) is 4.31 Å². The van der Waals surface area contributed by atoms with Crippen LogP contribution in [0, 0.1) is 11.3 Å². The zero-order valence-corrected chi connectivity index (χ0v) is 9.70. The summed E-state index contributed by atoms with van der Waals surface area (Å²) in [6, 6.07) is 1.76. The third kappa shape index (κ3) is 2.68. The van der Waals surface area contributed by atoms with Gasteiger partial charge in [-0.2, -0.15) is 9.57 Å². The molecule has 2 unspecified atom stereocenters. The predicted octanol–water partition coefficient (Wildman–Crippen LogP) is 0.389. The Bertz CT molecular complexity index is 347. The van der Waals surface area contributed by atoms with Crippen LogP contribution < -0.4 is 5.73 Å². The van der Waals surface area contributed by atoms with Crippen LogP contribution >= 0.6 is 0 Å². The lowest BCUT2D eigenvalue weighted by Gasteiger charge is -2.26. The number of hydrogen-bond donors (Lipinski definition) is 1. The van der Waals surface area contributed by atoms with Gasteiger partial charge >= 0.3 is 0 Å². The van der Waals surface area contributed by atoms with Gasteiger partial charge in [-0.05, 0) is 19.8 Å². The molecule has 6 heteroatoms. The lowest BCUT2D eigenvalue weighted by atomic mass is 10.2. The minimum atomic E-state index is -3.54. The molecule has 1 fully saturated rings. The Morgan fingerprint density at radius 2 is 2.13 bits per heavy atom. The van der Waals surface area contributed by atoms with Crippen LogP contribution in [0.25, 0.3) is 0 Å². The van der Waals surface area contributed by atoms with E-state index in [0.29, 0.717) is 13.0 Å². The first-order valence-corrected chi connectivity index (χ1v) is 6.66. The zero-order chi connectivity index (χ0) is 11.5. The summed E-state index contributed by atoms with van der Waals surface area (Å²) in [6.45, 7) is 1.84. The second kappa shape index (κ2) is 4.92. The molecule has 0 aromatic carbocycles. The first kappa shape index (κ1) is 12.4. The number of rotatable bonds is 2. The van der Waals surface area contributed by atoms with Crippen LogP contribution in [0.5, 0.6) is 0 Å². The summed E-state index contributed by atoms with van der Waals surface area (Å²) in [5.74, 6) is 0. The van der Waals surface area contributed by atoms with Crippen molar-refractivity contribution in [1.29, 1.82) is 5.26 Å². The van der Waals surface area contributed by atoms with Gasteiger partial charge in [0.1, 0.15) is 0 Å². The van der Waals surface area contributed by atoms with Gasteiger partial charge in [-0.25, -0.2) is 8.42 Å². The Kier molecular flexibility index (Phi) is 4.08. The molecule has 0 aliphatic carbocycles. The zero-order valence-electron chi connectivity index (χ0n) is 8.89. The molecule has 1 heterocycles. The molecular formula is C9H17N3O2S. The smallest absolute Gasteiger partial charge is 0.231 e. The van der Waals surface area contributed by atoms with Crippen molar-refractivity contribution in [2.45, 2.75) is 44.0 Å². The van der Waals surface area contributed by atoms with Crippen molar-refractivity contribution in [2.75, 3.05) is 6.54 Å². The number of nitrogens with two attached hydrogens (primary N) is 1. The average molecular weight is 231 g/mol. The number of nitriles is 1. The van der Waals surface area contributed by atoms with E-state index >= 15 is 0 Å². The van der Waals surface area contributed by atoms with Crippen LogP contribution in [0.4, 0.5) is 0 Å². The molecule has 0 spiro atoms. The number of nitrogens with zero attached hydrogens (tertiary/aromatic N) is 2. The fourth-order valence-electron chi connectivity index (χ4n) is 1.69. The van der Waals surface area contributed by atoms with E-state index in [9.17, 15) is 8.42 Å². The van der Waals surface area contributed by atoms with Gasteiger partial charge in [-0.3, -0.25) is 0 Å². The molecule has 1 aliphatic rings. The largest absolute Gasteiger partial charge is 0.315 e. The van der Waals surface area contributed by atoms with E-state index in [1.807, 2.05) is 0 Å². The van der Waals surface area contributed by atoms with Crippen molar-refractivity contribution in [3.63, 3.8) is 0 Å². The molecule has 0 saturated carbocycles. The van der Waals surface area contributed by atoms with Gasteiger partial charge < -0.3 is 5.73 Å². The Hall–Kier alpha value is -0.640. The van der Waals surface area contributed by atoms with Gasteiger partial charge in [0.2, 0.25) is 10.0 Å². The highest BCUT2D eigenvalue weighted by molar-refractivity contribution is 7.90. The number of sulfonamides is 1. The maximum atomic E-state index is 11.9. The summed E-state index contributed by atoms with van der Waals surface area (Å²) in [7, 11) is -3.54. The van der Waals surface area contributed by atoms with E-state index in [-0.39, 0.29) is 0 Å². The molecule has 0 aromatic rings. The van der Waals surface area contributed by atoms with Gasteiger partial charge in [-0.1, -0.05) is 12.8 Å². The van der Waals surface area contributed by atoms with Crippen LogP contribution in [0.3, 0.4) is 0 Å². The highest BCUT2D eigenvalue weighted by atomic mass is 32.2. The van der Waals surface area contributed by atoms with Crippen LogP contribution in [0.15, 0.2) is 0 Å². The predicted molar refractivity (Wildman–Crippen MR) is 57.1 cm³/mol. The Balaban J connectivity index is 2.89. The quantitative estimate of drug-likeness (QED) is 0.744. The van der Waals surface area contributed by atoms with Crippen LogP contribution in [-0.2, 0) is 10.0 Å². The highest BCUT2D eigenvalue weighted by Crippen LogP contribution is 2.19. The fourth-order valence-corrected chi connectivity index (χ4v) is 3.10. The molecule has 0 amide bonds. The maximum absolute atomic E-state index is 11.9. The van der Waals surface area contributed by atoms with Crippen molar-refractivity contribution in [3.8, 4) is 6.07 Å². The second-order valence-corrected chi connectivity index (χ2v) is 6.05. The molecule has 15 heavy (non-hydrogen) atoms. The van der Waals surface area contributed by atoms with E-state index in [1.165, 1.54) is 11.2 Å². The van der Waals surface area contributed by atoms with E-state index in [0.717, 1.165) is 19.3 Å². The summed E-state index contributed by atoms with van der Waals surface area (Å²) >= 11 is 0. The molecule has 0 aromatic heterocycles. The first-order chi connectivity index (χ1) is 7.00. The molecule has 0 bridgehead atoms. The highest BCUT2D eigenvalue weighted by Gasteiger charge is 2.33. The average Bonchev–Trinajstić information content (AvgIpc) is 2.41. The fraction of sp³-hybridized carbons (Fsp3) is 0.889. The Labute approximate surface area is 90.9 Å². The van der Waals surface area contributed by atoms with Gasteiger partial charge in [0.15, 0.2) is 5.25 Å². The van der Waals surface area contributed by atoms with E-state index in [1.54, 1.807) is 6.07 Å². The molecular weight excluding hydrogens is 214 g/mol. The monoisotopic (exact) mass is 231 g/mol. The molecule has 1 rings (SSSR count). The van der Waals surface area contributed by atoms with Crippen molar-refractivity contribution in [3.05, 3.63) is 0 Å². The standard InChI is InChI=1S/C9H17N3O2S/c1-8(7-10)15(13,14)12-6-4-2-3-5-9(12)11/h8-9H,2-6,11H2,1H3. The Morgan fingerprint density at radius 3 is 2.73 bits per heavy atom. The minimum absolute atomic E-state index is 0.440. The summed E-state index contributed by atoms with van der Waals surface area (Å²) in [5.41, 5.74) is 5.79. The lowest BCUT2D eigenvalue weighted by Crippen LogP contribution is -2.48. The normalized spacial score (nSPS) is 26.6. The molecule has 5 nitrogen and oxygen atoms in total. The first-order valence-electron chi connectivity index (χ1n) is 5.16. The summed E-state index contributed by atoms with van der Waals surface area (Å²) in [4.78, 5) is 0. The molecule has 2 atom stereocenters. The van der Waals surface area contributed by atoms with Crippen molar-refractivity contribution < 1.29 is 8.42 Å².